The molecule has 0 saturated carbocycles. The molecule has 1 aliphatic heterocycles. The van der Waals surface area contributed by atoms with Gasteiger partial charge in [-0.3, -0.25) is 0 Å². The number of nitrogens with one attached hydrogen (secondary N) is 1. The predicted octanol–water partition coefficient (Wildman–Crippen LogP) is 1.73. The Morgan fingerprint density at radius 2 is 2.19 bits per heavy atom. The third-order valence-corrected chi connectivity index (χ3v) is 3.71. The first kappa shape index (κ1) is 13.9. The molecule has 0 bridgehead atoms. The van der Waals surface area contributed by atoms with Gasteiger partial charge in [0.25, 0.3) is 0 Å². The summed E-state index contributed by atoms with van der Waals surface area (Å²) in [6, 6.07) is 0. The number of likely N-dealkylation sites (tertiary alicyclic amines) is 1. The van der Waals surface area contributed by atoms with Crippen LogP contribution in [0.5, 0.6) is 0 Å². The van der Waals surface area contributed by atoms with E-state index in [0.29, 0.717) is 0 Å². The van der Waals surface area contributed by atoms with E-state index in [4.69, 9.17) is 4.74 Å². The molecule has 1 aliphatic rings. The lowest BCUT2D eigenvalue weighted by Crippen LogP contribution is -2.32. The third kappa shape index (κ3) is 4.81. The molecule has 0 spiro atoms. The summed E-state index contributed by atoms with van der Waals surface area (Å²) in [6.07, 6.45) is 2.43. The normalized spacial score (nSPS) is 22.9. The summed E-state index contributed by atoms with van der Waals surface area (Å²) in [6.45, 7) is 12.5. The van der Waals surface area contributed by atoms with Crippen LogP contribution in [-0.4, -0.2) is 50.3 Å². The van der Waals surface area contributed by atoms with Crippen LogP contribution in [0.2, 0.25) is 0 Å². The monoisotopic (exact) mass is 228 g/mol. The molecule has 0 amide bonds. The van der Waals surface area contributed by atoms with Gasteiger partial charge in [-0.15, -0.1) is 0 Å². The summed E-state index contributed by atoms with van der Waals surface area (Å²) in [7, 11) is 1.79. The number of rotatable bonds is 7. The summed E-state index contributed by atoms with van der Waals surface area (Å²) in [4.78, 5) is 2.53. The average molecular weight is 228 g/mol. The number of hydrogen-bond acceptors (Lipinski definition) is 3. The highest BCUT2D eigenvalue weighted by Gasteiger charge is 2.21. The van der Waals surface area contributed by atoms with Crippen molar-refractivity contribution >= 4 is 0 Å². The zero-order valence-electron chi connectivity index (χ0n) is 11.4. The molecule has 0 radical (unpaired) electrons. The van der Waals surface area contributed by atoms with Gasteiger partial charge in [0.1, 0.15) is 0 Å². The van der Waals surface area contributed by atoms with Gasteiger partial charge < -0.3 is 15.0 Å². The minimum atomic E-state index is 0.0120. The molecule has 16 heavy (non-hydrogen) atoms. The van der Waals surface area contributed by atoms with Crippen LogP contribution < -0.4 is 5.32 Å². The van der Waals surface area contributed by atoms with Crippen molar-refractivity contribution < 1.29 is 4.74 Å². The number of nitrogens with zero attached hydrogens (tertiary/aromatic N) is 1. The average Bonchev–Trinajstić information content (AvgIpc) is 2.72. The number of ether oxygens (including phenoxy) is 1. The van der Waals surface area contributed by atoms with Crippen LogP contribution in [0.25, 0.3) is 0 Å². The molecule has 1 saturated heterocycles. The second-order valence-electron chi connectivity index (χ2n) is 5.47. The highest BCUT2D eigenvalue weighted by molar-refractivity contribution is 4.77. The number of hydrogen-bond donors (Lipinski definition) is 1. The predicted molar refractivity (Wildman–Crippen MR) is 68.8 cm³/mol. The zero-order chi connectivity index (χ0) is 12.0. The van der Waals surface area contributed by atoms with Gasteiger partial charge >= 0.3 is 0 Å². The first-order valence-electron chi connectivity index (χ1n) is 6.55. The first-order valence-corrected chi connectivity index (χ1v) is 6.55. The standard InChI is InChI=1S/C13H28N2O/c1-5-15-9-6-12(11-15)10-14-8-7-13(2,3)16-4/h12,14H,5-11H2,1-4H3. The Bertz CT molecular complexity index is 194. The second-order valence-corrected chi connectivity index (χ2v) is 5.47. The van der Waals surface area contributed by atoms with E-state index in [1.54, 1.807) is 7.11 Å². The van der Waals surface area contributed by atoms with Crippen molar-refractivity contribution in [2.75, 3.05) is 39.8 Å². The van der Waals surface area contributed by atoms with E-state index >= 15 is 0 Å². The van der Waals surface area contributed by atoms with Crippen molar-refractivity contribution in [2.24, 2.45) is 5.92 Å². The van der Waals surface area contributed by atoms with E-state index in [2.05, 4.69) is 31.0 Å². The molecule has 0 aliphatic carbocycles. The molecule has 0 aromatic rings. The summed E-state index contributed by atoms with van der Waals surface area (Å²) >= 11 is 0. The lowest BCUT2D eigenvalue weighted by molar-refractivity contribution is 0.0157. The summed E-state index contributed by atoms with van der Waals surface area (Å²) in [5.74, 6) is 0.852. The quantitative estimate of drug-likeness (QED) is 0.672. The van der Waals surface area contributed by atoms with Crippen LogP contribution in [-0.2, 0) is 4.74 Å². The molecule has 1 atom stereocenters. The van der Waals surface area contributed by atoms with Gasteiger partial charge in [0.2, 0.25) is 0 Å². The minimum absolute atomic E-state index is 0.0120. The molecule has 1 fully saturated rings. The van der Waals surface area contributed by atoms with Crippen molar-refractivity contribution in [3.8, 4) is 0 Å². The van der Waals surface area contributed by atoms with Crippen LogP contribution in [0.1, 0.15) is 33.6 Å². The van der Waals surface area contributed by atoms with Gasteiger partial charge in [0, 0.05) is 13.7 Å². The summed E-state index contributed by atoms with van der Waals surface area (Å²) in [5, 5.41) is 3.56. The Balaban J connectivity index is 2.04. The van der Waals surface area contributed by atoms with Gasteiger partial charge in [0.15, 0.2) is 0 Å². The second kappa shape index (κ2) is 6.58. The van der Waals surface area contributed by atoms with E-state index in [-0.39, 0.29) is 5.60 Å². The third-order valence-electron chi connectivity index (χ3n) is 3.71. The Hall–Kier alpha value is -0.120. The highest BCUT2D eigenvalue weighted by Crippen LogP contribution is 2.15. The molecule has 1 N–H and O–H groups in total. The van der Waals surface area contributed by atoms with Gasteiger partial charge in [-0.1, -0.05) is 6.92 Å². The van der Waals surface area contributed by atoms with Crippen molar-refractivity contribution in [1.82, 2.24) is 10.2 Å². The van der Waals surface area contributed by atoms with Crippen LogP contribution >= 0.6 is 0 Å². The largest absolute Gasteiger partial charge is 0.379 e. The van der Waals surface area contributed by atoms with Crippen LogP contribution in [0, 0.1) is 5.92 Å². The lowest BCUT2D eigenvalue weighted by atomic mass is 10.0. The van der Waals surface area contributed by atoms with Crippen LogP contribution in [0.4, 0.5) is 0 Å². The molecule has 3 nitrogen and oxygen atoms in total. The molecule has 1 heterocycles. The smallest absolute Gasteiger partial charge is 0.0634 e. The molecule has 3 heteroatoms. The summed E-state index contributed by atoms with van der Waals surface area (Å²) < 4.78 is 5.40. The Morgan fingerprint density at radius 1 is 1.44 bits per heavy atom. The lowest BCUT2D eigenvalue weighted by Gasteiger charge is -2.23. The molecular weight excluding hydrogens is 200 g/mol. The Labute approximate surface area is 101 Å². The summed E-state index contributed by atoms with van der Waals surface area (Å²) in [5.41, 5.74) is 0.0120. The minimum Gasteiger partial charge on any atom is -0.379 e. The van der Waals surface area contributed by atoms with E-state index in [1.807, 2.05) is 0 Å². The van der Waals surface area contributed by atoms with Gasteiger partial charge in [-0.05, 0) is 58.8 Å². The van der Waals surface area contributed by atoms with Gasteiger partial charge in [-0.25, -0.2) is 0 Å². The zero-order valence-corrected chi connectivity index (χ0v) is 11.4. The topological polar surface area (TPSA) is 24.5 Å². The molecule has 1 rings (SSSR count). The van der Waals surface area contributed by atoms with Gasteiger partial charge in [0.05, 0.1) is 5.60 Å². The van der Waals surface area contributed by atoms with Crippen molar-refractivity contribution in [3.63, 3.8) is 0 Å². The fourth-order valence-electron chi connectivity index (χ4n) is 2.16. The fourth-order valence-corrected chi connectivity index (χ4v) is 2.16. The van der Waals surface area contributed by atoms with Crippen molar-refractivity contribution in [1.29, 1.82) is 0 Å². The van der Waals surface area contributed by atoms with Crippen LogP contribution in [0.3, 0.4) is 0 Å². The van der Waals surface area contributed by atoms with Crippen molar-refractivity contribution in [3.05, 3.63) is 0 Å². The SMILES string of the molecule is CCN1CCC(CNCCC(C)(C)OC)C1. The highest BCUT2D eigenvalue weighted by atomic mass is 16.5. The van der Waals surface area contributed by atoms with E-state index in [1.165, 1.54) is 26.1 Å². The van der Waals surface area contributed by atoms with E-state index in [9.17, 15) is 0 Å². The number of methoxy groups -OCH3 is 1. The maximum absolute atomic E-state index is 5.40. The van der Waals surface area contributed by atoms with E-state index < -0.39 is 0 Å². The molecule has 0 aromatic heterocycles. The molecular formula is C13H28N2O. The fraction of sp³-hybridized carbons (Fsp3) is 1.00. The Kier molecular flexibility index (Phi) is 5.73. The maximum atomic E-state index is 5.40. The molecule has 96 valence electrons. The van der Waals surface area contributed by atoms with Gasteiger partial charge in [-0.2, -0.15) is 0 Å². The molecule has 1 unspecified atom stereocenters. The van der Waals surface area contributed by atoms with Crippen molar-refractivity contribution in [2.45, 2.75) is 39.2 Å². The first-order chi connectivity index (χ1) is 7.57. The van der Waals surface area contributed by atoms with E-state index in [0.717, 1.165) is 25.4 Å². The van der Waals surface area contributed by atoms with Crippen LogP contribution in [0.15, 0.2) is 0 Å². The Morgan fingerprint density at radius 3 is 2.75 bits per heavy atom. The maximum Gasteiger partial charge on any atom is 0.0634 e. The molecule has 0 aromatic carbocycles.